The van der Waals surface area contributed by atoms with E-state index in [-0.39, 0.29) is 54.4 Å². The van der Waals surface area contributed by atoms with E-state index in [0.29, 0.717) is 62.7 Å². The minimum Gasteiger partial charge on any atom is -0.311 e. The summed E-state index contributed by atoms with van der Waals surface area (Å²) in [6, 6.07) is 26.5. The van der Waals surface area contributed by atoms with Gasteiger partial charge in [0.15, 0.2) is 5.13 Å². The van der Waals surface area contributed by atoms with Crippen molar-refractivity contribution < 1.29 is 39.2 Å². The second-order valence-corrected chi connectivity index (χ2v) is 28.6. The molecule has 4 saturated heterocycles. The lowest BCUT2D eigenvalue weighted by Crippen LogP contribution is -2.46. The quantitative estimate of drug-likeness (QED) is 0.109. The Kier molecular flexibility index (Phi) is 17.6. The summed E-state index contributed by atoms with van der Waals surface area (Å²) in [7, 11) is -13.1. The average Bonchev–Trinajstić information content (AvgIpc) is 4.30. The van der Waals surface area contributed by atoms with Gasteiger partial charge in [-0.2, -0.15) is 16.8 Å². The number of carbonyl (C=O) groups is 2. The first-order chi connectivity index (χ1) is 38.2. The highest BCUT2D eigenvalue weighted by Crippen LogP contribution is 2.38. The molecule has 5 aromatic carbocycles. The van der Waals surface area contributed by atoms with Gasteiger partial charge < -0.3 is 9.80 Å². The van der Waals surface area contributed by atoms with E-state index in [1.807, 2.05) is 24.3 Å². The Hall–Kier alpha value is -5.24. The fourth-order valence-electron chi connectivity index (χ4n) is 10.8. The first-order valence-corrected chi connectivity index (χ1v) is 33.0. The van der Waals surface area contributed by atoms with E-state index in [0.717, 1.165) is 98.5 Å². The van der Waals surface area contributed by atoms with E-state index in [2.05, 4.69) is 24.5 Å². The third-order valence-corrected chi connectivity index (χ3v) is 22.7. The Morgan fingerprint density at radius 3 is 1.39 bits per heavy atom. The zero-order valence-electron chi connectivity index (χ0n) is 42.3. The Morgan fingerprint density at radius 1 is 0.537 bits per heavy atom. The van der Waals surface area contributed by atoms with Gasteiger partial charge in [0.05, 0.1) is 26.8 Å². The summed E-state index contributed by atoms with van der Waals surface area (Å²) >= 11 is 26.9. The standard InChI is InChI=1S/C30H27Cl2FN4O5S3.C24H24Cl2N4O3S2/c31-22-16-21(17-23(32)18-22)20-2-1-13-35(19-20)28-11-14-36(29(28)38)25-5-9-27(10-6-25)45(41,42)37(30-34-12-15-43-30)44(39,40)26-7-3-24(33)4-8-26;25-18-12-17(13-19(26)14-18)16-2-1-9-29(15-16)22-7-10-30(23(22)31)20-3-5-21(6-4-20)35(32,33)28-24-27-8-11-34-24/h3-10,12,15-18,20,28H,1-2,11,13-14,19H2;3-6,8,11-14,16,22H,1-2,7,9-10,15H2,(H,27,28)/t20-,28-;16-,22-/m00/s1. The second-order valence-electron chi connectivity index (χ2n) is 19.6. The summed E-state index contributed by atoms with van der Waals surface area (Å²) in [5.41, 5.74) is 3.35. The fourth-order valence-corrected chi connectivity index (χ4v) is 18.3. The molecule has 1 N–H and O–H groups in total. The van der Waals surface area contributed by atoms with Crippen molar-refractivity contribution in [2.24, 2.45) is 0 Å². The minimum atomic E-state index is -4.69. The molecular formula is C54H51Cl4FN8O8S5. The molecular weight excluding hydrogens is 1210 g/mol. The lowest BCUT2D eigenvalue weighted by molar-refractivity contribution is -0.122. The van der Waals surface area contributed by atoms with Crippen LogP contribution in [0.3, 0.4) is 0 Å². The molecule has 0 bridgehead atoms. The summed E-state index contributed by atoms with van der Waals surface area (Å²) in [5.74, 6) is -0.243. The predicted molar refractivity (Wildman–Crippen MR) is 313 cm³/mol. The molecule has 2 amide bonds. The van der Waals surface area contributed by atoms with Gasteiger partial charge in [-0.05, 0) is 184 Å². The van der Waals surface area contributed by atoms with Crippen LogP contribution in [0.4, 0.5) is 26.0 Å². The summed E-state index contributed by atoms with van der Waals surface area (Å²) in [5, 5.41) is 5.57. The molecule has 0 radical (unpaired) electrons. The third-order valence-electron chi connectivity index (χ3n) is 14.5. The summed E-state index contributed by atoms with van der Waals surface area (Å²) in [6.07, 6.45) is 8.07. The van der Waals surface area contributed by atoms with Crippen molar-refractivity contribution in [3.05, 3.63) is 169 Å². The number of nitrogens with one attached hydrogen (secondary N) is 1. The number of thiazole rings is 2. The molecule has 0 spiro atoms. The molecule has 6 heterocycles. The number of sulfonamides is 3. The normalized spacial score (nSPS) is 20.4. The van der Waals surface area contributed by atoms with Crippen LogP contribution in [0.5, 0.6) is 0 Å². The molecule has 80 heavy (non-hydrogen) atoms. The van der Waals surface area contributed by atoms with Crippen LogP contribution in [0.25, 0.3) is 0 Å². The van der Waals surface area contributed by atoms with Crippen LogP contribution in [0.2, 0.25) is 20.1 Å². The van der Waals surface area contributed by atoms with E-state index in [9.17, 15) is 39.2 Å². The van der Waals surface area contributed by atoms with Crippen LogP contribution >= 0.6 is 69.1 Å². The van der Waals surface area contributed by atoms with Crippen LogP contribution in [-0.4, -0.2) is 108 Å². The molecule has 4 fully saturated rings. The van der Waals surface area contributed by atoms with E-state index >= 15 is 0 Å². The first-order valence-electron chi connectivity index (χ1n) is 25.4. The number of amides is 2. The number of piperidine rings is 2. The summed E-state index contributed by atoms with van der Waals surface area (Å²) < 4.78 is 96.1. The van der Waals surface area contributed by atoms with E-state index in [1.165, 1.54) is 65.5 Å². The van der Waals surface area contributed by atoms with Crippen molar-refractivity contribution >= 4 is 133 Å². The highest BCUT2D eigenvalue weighted by Gasteiger charge is 2.42. The topological polar surface area (TPSA) is 191 Å². The molecule has 11 rings (SSSR count). The number of rotatable bonds is 14. The molecule has 0 unspecified atom stereocenters. The molecule has 420 valence electrons. The molecule has 26 heteroatoms. The SMILES string of the molecule is O=C1[C@@H](N2CCC[C@H](c3cc(Cl)cc(Cl)c3)C2)CCN1c1ccc(S(=O)(=O)N(c2nccs2)S(=O)(=O)c2ccc(F)cc2)cc1.O=C1[C@@H](N2CCC[C@H](c3cc(Cl)cc(Cl)c3)C2)CCN1c1ccc(S(=O)(=O)Nc2nccs2)cc1. The van der Waals surface area contributed by atoms with Gasteiger partial charge in [0.2, 0.25) is 16.9 Å². The highest BCUT2D eigenvalue weighted by molar-refractivity contribution is 8.10. The van der Waals surface area contributed by atoms with Crippen molar-refractivity contribution in [3.8, 4) is 0 Å². The average molecular weight is 1260 g/mol. The van der Waals surface area contributed by atoms with Crippen molar-refractivity contribution in [3.63, 3.8) is 0 Å². The highest BCUT2D eigenvalue weighted by atomic mass is 35.5. The maximum absolute atomic E-state index is 13.8. The zero-order valence-corrected chi connectivity index (χ0v) is 49.4. The number of benzene rings is 5. The van der Waals surface area contributed by atoms with Gasteiger partial charge in [-0.15, -0.1) is 26.4 Å². The summed E-state index contributed by atoms with van der Waals surface area (Å²) in [6.45, 7) is 4.16. The Balaban J connectivity index is 0.000000186. The van der Waals surface area contributed by atoms with Gasteiger partial charge in [0.25, 0.3) is 30.1 Å². The Morgan fingerprint density at radius 2 is 0.963 bits per heavy atom. The van der Waals surface area contributed by atoms with Crippen LogP contribution in [0.15, 0.2) is 147 Å². The molecule has 4 aliphatic heterocycles. The van der Waals surface area contributed by atoms with Gasteiger partial charge in [0.1, 0.15) is 5.82 Å². The third kappa shape index (κ3) is 12.7. The van der Waals surface area contributed by atoms with Crippen LogP contribution in [0.1, 0.15) is 61.5 Å². The number of hydrogen-bond donors (Lipinski definition) is 1. The van der Waals surface area contributed by atoms with Gasteiger partial charge in [0, 0.05) is 80.8 Å². The largest absolute Gasteiger partial charge is 0.311 e. The zero-order chi connectivity index (χ0) is 56.5. The lowest BCUT2D eigenvalue weighted by atomic mass is 9.89. The fraction of sp³-hybridized carbons (Fsp3) is 0.296. The Labute approximate surface area is 491 Å². The van der Waals surface area contributed by atoms with Crippen molar-refractivity contribution in [1.82, 2.24) is 19.8 Å². The number of nitrogens with zero attached hydrogens (tertiary/aromatic N) is 7. The first kappa shape index (κ1) is 58.0. The monoisotopic (exact) mass is 1260 g/mol. The maximum Gasteiger partial charge on any atom is 0.279 e. The van der Waals surface area contributed by atoms with E-state index in [4.69, 9.17) is 46.4 Å². The van der Waals surface area contributed by atoms with E-state index in [1.54, 1.807) is 39.4 Å². The molecule has 7 aromatic rings. The molecule has 4 aliphatic rings. The maximum atomic E-state index is 13.8. The predicted octanol–water partition coefficient (Wildman–Crippen LogP) is 11.4. The van der Waals surface area contributed by atoms with Crippen LogP contribution in [-0.2, 0) is 39.7 Å². The number of anilines is 4. The molecule has 0 saturated carbocycles. The molecule has 16 nitrogen and oxygen atoms in total. The number of carbonyl (C=O) groups excluding carboxylic acids is 2. The number of hydrogen-bond acceptors (Lipinski definition) is 14. The van der Waals surface area contributed by atoms with Gasteiger partial charge in [-0.25, -0.2) is 22.8 Å². The van der Waals surface area contributed by atoms with Crippen molar-refractivity contribution in [1.29, 1.82) is 0 Å². The molecule has 4 atom stereocenters. The van der Waals surface area contributed by atoms with E-state index < -0.39 is 40.8 Å². The summed E-state index contributed by atoms with van der Waals surface area (Å²) in [4.78, 5) is 42.1. The second kappa shape index (κ2) is 24.3. The number of halogens is 5. The van der Waals surface area contributed by atoms with Crippen molar-refractivity contribution in [2.45, 2.75) is 77.1 Å². The van der Waals surface area contributed by atoms with Gasteiger partial charge >= 0.3 is 0 Å². The van der Waals surface area contributed by atoms with Crippen LogP contribution < -0.4 is 18.2 Å². The van der Waals surface area contributed by atoms with Crippen LogP contribution in [0, 0.1) is 5.82 Å². The number of likely N-dealkylation sites (tertiary alicyclic amines) is 2. The van der Waals surface area contributed by atoms with Gasteiger partial charge in [-0.3, -0.25) is 24.1 Å². The minimum absolute atomic E-state index is 0.0475. The smallest absolute Gasteiger partial charge is 0.279 e. The van der Waals surface area contributed by atoms with Crippen molar-refractivity contribution in [2.75, 3.05) is 57.5 Å². The molecule has 0 aliphatic carbocycles. The Bertz CT molecular complexity index is 3680. The lowest BCUT2D eigenvalue weighted by Gasteiger charge is -2.36. The van der Waals surface area contributed by atoms with Gasteiger partial charge in [-0.1, -0.05) is 46.4 Å². The number of aromatic nitrogens is 2. The molecule has 2 aromatic heterocycles.